The van der Waals surface area contributed by atoms with Gasteiger partial charge in [0.15, 0.2) is 0 Å². The molecular formula is C16H22N6O2S2. The predicted molar refractivity (Wildman–Crippen MR) is 99.5 cm³/mol. The van der Waals surface area contributed by atoms with Crippen molar-refractivity contribution in [3.05, 3.63) is 21.1 Å². The standard InChI is InChI=1S/C16H22N6O2S2/c1-3-4-12-14(26-21-19-12)15(23)17-9-11-5-7-22(8-6-11)16(24)13-10(2)18-20-25-13/h11H,3-9H2,1-2H3,(H,17,23). The third-order valence-corrected chi connectivity index (χ3v) is 6.13. The summed E-state index contributed by atoms with van der Waals surface area (Å²) in [6.45, 7) is 5.87. The minimum absolute atomic E-state index is 0.0138. The van der Waals surface area contributed by atoms with E-state index in [-0.39, 0.29) is 11.8 Å². The normalized spacial score (nSPS) is 15.2. The third-order valence-electron chi connectivity index (χ3n) is 4.55. The van der Waals surface area contributed by atoms with E-state index in [9.17, 15) is 9.59 Å². The number of hydrogen-bond donors (Lipinski definition) is 1. The first kappa shape index (κ1) is 18.8. The number of carbonyl (C=O) groups excluding carboxylic acids is 2. The molecule has 2 aromatic heterocycles. The van der Waals surface area contributed by atoms with Crippen molar-refractivity contribution in [2.45, 2.75) is 39.5 Å². The Morgan fingerprint density at radius 1 is 1.15 bits per heavy atom. The van der Waals surface area contributed by atoms with Gasteiger partial charge in [-0.15, -0.1) is 10.2 Å². The first-order valence-corrected chi connectivity index (χ1v) is 10.3. The fraction of sp³-hybridized carbons (Fsp3) is 0.625. The lowest BCUT2D eigenvalue weighted by Gasteiger charge is -2.31. The van der Waals surface area contributed by atoms with Crippen LogP contribution >= 0.6 is 23.1 Å². The Morgan fingerprint density at radius 3 is 2.50 bits per heavy atom. The average molecular weight is 395 g/mol. The monoisotopic (exact) mass is 394 g/mol. The number of piperidine rings is 1. The highest BCUT2D eigenvalue weighted by Gasteiger charge is 2.26. The molecule has 3 rings (SSSR count). The van der Waals surface area contributed by atoms with E-state index in [4.69, 9.17) is 0 Å². The molecule has 2 aromatic rings. The lowest BCUT2D eigenvalue weighted by molar-refractivity contribution is 0.0688. The highest BCUT2D eigenvalue weighted by Crippen LogP contribution is 2.21. The number of nitrogens with zero attached hydrogens (tertiary/aromatic N) is 5. The van der Waals surface area contributed by atoms with Crippen LogP contribution in [0.2, 0.25) is 0 Å². The topological polar surface area (TPSA) is 101 Å². The van der Waals surface area contributed by atoms with Gasteiger partial charge in [-0.05, 0) is 55.2 Å². The van der Waals surface area contributed by atoms with Crippen LogP contribution in [0.15, 0.2) is 0 Å². The average Bonchev–Trinajstić information content (AvgIpc) is 3.29. The maximum Gasteiger partial charge on any atom is 0.267 e. The molecule has 0 spiro atoms. The van der Waals surface area contributed by atoms with Crippen LogP contribution in [0, 0.1) is 12.8 Å². The molecule has 1 fully saturated rings. The number of aromatic nitrogens is 4. The molecule has 8 nitrogen and oxygen atoms in total. The Labute approximate surface area is 160 Å². The van der Waals surface area contributed by atoms with Gasteiger partial charge in [0.05, 0.1) is 11.4 Å². The second kappa shape index (κ2) is 8.63. The summed E-state index contributed by atoms with van der Waals surface area (Å²) in [5.41, 5.74) is 1.47. The van der Waals surface area contributed by atoms with E-state index in [0.29, 0.717) is 41.0 Å². The largest absolute Gasteiger partial charge is 0.351 e. The molecule has 0 aromatic carbocycles. The SMILES string of the molecule is CCCc1nnsc1C(=O)NCC1CCN(C(=O)c2snnc2C)CC1. The summed E-state index contributed by atoms with van der Waals surface area (Å²) >= 11 is 2.30. The molecule has 0 saturated carbocycles. The van der Waals surface area contributed by atoms with Crippen LogP contribution in [-0.4, -0.2) is 55.5 Å². The third kappa shape index (κ3) is 4.24. The second-order valence-electron chi connectivity index (χ2n) is 6.43. The van der Waals surface area contributed by atoms with Gasteiger partial charge in [0.25, 0.3) is 11.8 Å². The van der Waals surface area contributed by atoms with E-state index < -0.39 is 0 Å². The molecule has 0 atom stereocenters. The van der Waals surface area contributed by atoms with Crippen molar-refractivity contribution in [3.63, 3.8) is 0 Å². The number of likely N-dealkylation sites (tertiary alicyclic amines) is 1. The van der Waals surface area contributed by atoms with E-state index in [1.54, 1.807) is 6.92 Å². The molecule has 1 saturated heterocycles. The van der Waals surface area contributed by atoms with E-state index in [0.717, 1.165) is 54.4 Å². The number of amides is 2. The van der Waals surface area contributed by atoms with Crippen LogP contribution in [0.4, 0.5) is 0 Å². The van der Waals surface area contributed by atoms with Crippen LogP contribution in [-0.2, 0) is 6.42 Å². The Balaban J connectivity index is 1.47. The minimum Gasteiger partial charge on any atom is -0.351 e. The molecular weight excluding hydrogens is 372 g/mol. The van der Waals surface area contributed by atoms with Crippen molar-refractivity contribution in [2.75, 3.05) is 19.6 Å². The Bertz CT molecular complexity index is 766. The van der Waals surface area contributed by atoms with Gasteiger partial charge in [0, 0.05) is 19.6 Å². The summed E-state index contributed by atoms with van der Waals surface area (Å²) in [7, 11) is 0. The molecule has 10 heteroatoms. The van der Waals surface area contributed by atoms with E-state index in [2.05, 4.69) is 31.4 Å². The number of aryl methyl sites for hydroxylation is 2. The van der Waals surface area contributed by atoms with Crippen LogP contribution in [0.3, 0.4) is 0 Å². The maximum atomic E-state index is 12.5. The molecule has 0 aliphatic carbocycles. The van der Waals surface area contributed by atoms with Gasteiger partial charge in [0.2, 0.25) is 0 Å². The Hall–Kier alpha value is -1.94. The molecule has 1 aliphatic heterocycles. The predicted octanol–water partition coefficient (Wildman–Crippen LogP) is 1.93. The summed E-state index contributed by atoms with van der Waals surface area (Å²) in [5.74, 6) is 0.299. The fourth-order valence-corrected chi connectivity index (χ4v) is 4.26. The molecule has 1 N–H and O–H groups in total. The van der Waals surface area contributed by atoms with Crippen molar-refractivity contribution >= 4 is 34.9 Å². The molecule has 140 valence electrons. The summed E-state index contributed by atoms with van der Waals surface area (Å²) in [4.78, 5) is 27.9. The van der Waals surface area contributed by atoms with Gasteiger partial charge < -0.3 is 10.2 Å². The number of nitrogens with one attached hydrogen (secondary N) is 1. The number of rotatable bonds is 6. The van der Waals surface area contributed by atoms with Crippen molar-refractivity contribution < 1.29 is 9.59 Å². The van der Waals surface area contributed by atoms with Crippen molar-refractivity contribution in [2.24, 2.45) is 5.92 Å². The zero-order chi connectivity index (χ0) is 18.5. The highest BCUT2D eigenvalue weighted by atomic mass is 32.1. The molecule has 0 bridgehead atoms. The fourth-order valence-electron chi connectivity index (χ4n) is 3.01. The molecule has 3 heterocycles. The van der Waals surface area contributed by atoms with Gasteiger partial charge >= 0.3 is 0 Å². The van der Waals surface area contributed by atoms with Gasteiger partial charge in [-0.25, -0.2) is 0 Å². The van der Waals surface area contributed by atoms with E-state index in [1.165, 1.54) is 0 Å². The summed E-state index contributed by atoms with van der Waals surface area (Å²) < 4.78 is 7.73. The van der Waals surface area contributed by atoms with Gasteiger partial charge in [-0.2, -0.15) is 0 Å². The van der Waals surface area contributed by atoms with Crippen LogP contribution in [0.1, 0.15) is 56.9 Å². The highest BCUT2D eigenvalue weighted by molar-refractivity contribution is 7.08. The Kier molecular flexibility index (Phi) is 6.25. The van der Waals surface area contributed by atoms with Gasteiger partial charge in [0.1, 0.15) is 9.75 Å². The first-order chi connectivity index (χ1) is 12.6. The number of carbonyl (C=O) groups is 2. The first-order valence-electron chi connectivity index (χ1n) is 8.77. The lowest BCUT2D eigenvalue weighted by atomic mass is 9.96. The molecule has 26 heavy (non-hydrogen) atoms. The smallest absolute Gasteiger partial charge is 0.267 e. The summed E-state index contributed by atoms with van der Waals surface area (Å²) in [5, 5.41) is 10.9. The summed E-state index contributed by atoms with van der Waals surface area (Å²) in [6, 6.07) is 0. The zero-order valence-corrected chi connectivity index (χ0v) is 16.5. The number of hydrogen-bond acceptors (Lipinski definition) is 8. The summed E-state index contributed by atoms with van der Waals surface area (Å²) in [6.07, 6.45) is 3.46. The minimum atomic E-state index is -0.0895. The van der Waals surface area contributed by atoms with Crippen molar-refractivity contribution in [1.82, 2.24) is 29.4 Å². The van der Waals surface area contributed by atoms with Crippen LogP contribution in [0.25, 0.3) is 0 Å². The molecule has 0 radical (unpaired) electrons. The molecule has 1 aliphatic rings. The van der Waals surface area contributed by atoms with E-state index in [1.807, 2.05) is 4.90 Å². The molecule has 2 amide bonds. The van der Waals surface area contributed by atoms with Crippen molar-refractivity contribution in [3.8, 4) is 0 Å². The quantitative estimate of drug-likeness (QED) is 0.803. The van der Waals surface area contributed by atoms with Gasteiger partial charge in [-0.3, -0.25) is 9.59 Å². The zero-order valence-electron chi connectivity index (χ0n) is 14.9. The Morgan fingerprint density at radius 2 is 1.85 bits per heavy atom. The maximum absolute atomic E-state index is 12.5. The van der Waals surface area contributed by atoms with Crippen molar-refractivity contribution in [1.29, 1.82) is 0 Å². The van der Waals surface area contributed by atoms with E-state index >= 15 is 0 Å². The van der Waals surface area contributed by atoms with Crippen LogP contribution < -0.4 is 5.32 Å². The second-order valence-corrected chi connectivity index (χ2v) is 7.94. The van der Waals surface area contributed by atoms with Gasteiger partial charge in [-0.1, -0.05) is 22.3 Å². The van der Waals surface area contributed by atoms with Crippen LogP contribution in [0.5, 0.6) is 0 Å². The lowest BCUT2D eigenvalue weighted by Crippen LogP contribution is -2.41. The molecule has 0 unspecified atom stereocenters.